The lowest BCUT2D eigenvalue weighted by Crippen LogP contribution is -2.64. The van der Waals surface area contributed by atoms with E-state index >= 15 is 0 Å². The average Bonchev–Trinajstić information content (AvgIpc) is 2.78. The number of rotatable bonds is 4. The number of nitrogens with zero attached hydrogens (tertiary/aromatic N) is 1. The number of halogens is 1. The molecular formula is C13H17FN2O5. The van der Waals surface area contributed by atoms with Crippen LogP contribution < -0.4 is 5.73 Å². The normalized spacial score (nSPS) is 45.3. The summed E-state index contributed by atoms with van der Waals surface area (Å²) < 4.78 is 14.5. The van der Waals surface area contributed by atoms with E-state index in [9.17, 15) is 23.9 Å². The Morgan fingerprint density at radius 2 is 1.95 bits per heavy atom. The van der Waals surface area contributed by atoms with Gasteiger partial charge in [-0.25, -0.2) is 4.39 Å². The molecule has 4 N–H and O–H groups in total. The zero-order valence-corrected chi connectivity index (χ0v) is 11.2. The Kier molecular flexibility index (Phi) is 2.98. The van der Waals surface area contributed by atoms with Crippen molar-refractivity contribution < 1.29 is 29.0 Å². The van der Waals surface area contributed by atoms with E-state index in [1.807, 2.05) is 0 Å². The van der Waals surface area contributed by atoms with E-state index in [1.54, 1.807) is 0 Å². The molecule has 0 bridgehead atoms. The Bertz CT molecular complexity index is 527. The molecular weight excluding hydrogens is 283 g/mol. The molecule has 3 aliphatic rings. The van der Waals surface area contributed by atoms with Crippen molar-refractivity contribution in [1.29, 1.82) is 0 Å². The van der Waals surface area contributed by atoms with E-state index in [2.05, 4.69) is 0 Å². The minimum atomic E-state index is -1.93. The molecule has 116 valence electrons. The summed E-state index contributed by atoms with van der Waals surface area (Å²) in [6.07, 6.45) is -0.840. The van der Waals surface area contributed by atoms with E-state index in [0.29, 0.717) is 12.8 Å². The first-order valence-corrected chi connectivity index (χ1v) is 6.99. The van der Waals surface area contributed by atoms with Gasteiger partial charge in [-0.3, -0.25) is 19.3 Å². The molecule has 0 unspecified atom stereocenters. The highest BCUT2D eigenvalue weighted by molar-refractivity contribution is 5.88. The second kappa shape index (κ2) is 4.40. The lowest BCUT2D eigenvalue weighted by Gasteiger charge is -2.41. The summed E-state index contributed by atoms with van der Waals surface area (Å²) in [6.45, 7) is 0.246. The third-order valence-electron chi connectivity index (χ3n) is 5.32. The summed E-state index contributed by atoms with van der Waals surface area (Å²) in [7, 11) is 0. The molecule has 1 aliphatic heterocycles. The molecule has 21 heavy (non-hydrogen) atoms. The number of carbonyl (C=O) groups is 3. The summed E-state index contributed by atoms with van der Waals surface area (Å²) in [5.74, 6) is -5.28. The molecule has 0 spiro atoms. The van der Waals surface area contributed by atoms with Crippen LogP contribution in [0.1, 0.15) is 19.3 Å². The van der Waals surface area contributed by atoms with Crippen LogP contribution in [0.2, 0.25) is 0 Å². The van der Waals surface area contributed by atoms with Crippen molar-refractivity contribution in [3.8, 4) is 0 Å². The Hall–Kier alpha value is -1.70. The molecule has 8 heteroatoms. The number of hydrogen-bond donors (Lipinski definition) is 3. The van der Waals surface area contributed by atoms with Crippen LogP contribution in [0.15, 0.2) is 0 Å². The summed E-state index contributed by atoms with van der Waals surface area (Å²) in [6, 6.07) is -0.840. The number of carboxylic acids is 2. The topological polar surface area (TPSA) is 121 Å². The van der Waals surface area contributed by atoms with Crippen LogP contribution in [0, 0.1) is 17.8 Å². The number of nitrogens with two attached hydrogens (primary N) is 1. The van der Waals surface area contributed by atoms with Crippen molar-refractivity contribution >= 4 is 17.8 Å². The lowest BCUT2D eigenvalue weighted by atomic mass is 9.85. The molecule has 0 aromatic heterocycles. The van der Waals surface area contributed by atoms with Crippen molar-refractivity contribution in [1.82, 2.24) is 4.90 Å². The number of alkyl halides is 1. The zero-order valence-electron chi connectivity index (χ0n) is 11.2. The zero-order chi connectivity index (χ0) is 15.5. The second-order valence-electron chi connectivity index (χ2n) is 6.14. The van der Waals surface area contributed by atoms with Crippen LogP contribution in [-0.4, -0.2) is 57.3 Å². The minimum Gasteiger partial charge on any atom is -0.481 e. The molecule has 6 atom stereocenters. The predicted molar refractivity (Wildman–Crippen MR) is 66.9 cm³/mol. The molecule has 0 aromatic rings. The van der Waals surface area contributed by atoms with Gasteiger partial charge in [-0.2, -0.15) is 0 Å². The van der Waals surface area contributed by atoms with Gasteiger partial charge in [0.1, 0.15) is 6.17 Å². The van der Waals surface area contributed by atoms with Gasteiger partial charge in [-0.15, -0.1) is 0 Å². The van der Waals surface area contributed by atoms with Crippen molar-refractivity contribution in [2.75, 3.05) is 6.54 Å². The van der Waals surface area contributed by atoms with Crippen LogP contribution >= 0.6 is 0 Å². The first-order chi connectivity index (χ1) is 9.83. The van der Waals surface area contributed by atoms with E-state index in [4.69, 9.17) is 10.8 Å². The first kappa shape index (κ1) is 14.2. The summed E-state index contributed by atoms with van der Waals surface area (Å²) >= 11 is 0. The molecule has 3 rings (SSSR count). The Labute approximate surface area is 119 Å². The monoisotopic (exact) mass is 300 g/mol. The van der Waals surface area contributed by atoms with Gasteiger partial charge in [0.25, 0.3) is 0 Å². The Morgan fingerprint density at radius 3 is 2.48 bits per heavy atom. The summed E-state index contributed by atoms with van der Waals surface area (Å²) in [5, 5.41) is 18.8. The van der Waals surface area contributed by atoms with Gasteiger partial charge in [0.05, 0.1) is 12.0 Å². The number of amides is 1. The van der Waals surface area contributed by atoms with Crippen LogP contribution in [0.3, 0.4) is 0 Å². The van der Waals surface area contributed by atoms with E-state index in [-0.39, 0.29) is 13.0 Å². The third kappa shape index (κ3) is 1.65. The van der Waals surface area contributed by atoms with Crippen molar-refractivity contribution in [3.63, 3.8) is 0 Å². The van der Waals surface area contributed by atoms with Gasteiger partial charge in [0.15, 0.2) is 5.54 Å². The summed E-state index contributed by atoms with van der Waals surface area (Å²) in [4.78, 5) is 35.9. The lowest BCUT2D eigenvalue weighted by molar-refractivity contribution is -0.161. The molecule has 0 radical (unpaired) electrons. The fourth-order valence-electron chi connectivity index (χ4n) is 4.51. The molecule has 2 aliphatic carbocycles. The fourth-order valence-corrected chi connectivity index (χ4v) is 4.51. The van der Waals surface area contributed by atoms with Crippen LogP contribution in [0.25, 0.3) is 0 Å². The molecule has 1 amide bonds. The number of hydrogen-bond acceptors (Lipinski definition) is 4. The predicted octanol–water partition coefficient (Wildman–Crippen LogP) is -0.552. The fraction of sp³-hybridized carbons (Fsp3) is 0.769. The first-order valence-electron chi connectivity index (χ1n) is 6.99. The number of aliphatic carboxylic acids is 2. The average molecular weight is 300 g/mol. The van der Waals surface area contributed by atoms with Crippen LogP contribution in [0.5, 0.6) is 0 Å². The molecule has 1 saturated heterocycles. The van der Waals surface area contributed by atoms with Gasteiger partial charge in [-0.05, 0) is 25.2 Å². The largest absolute Gasteiger partial charge is 0.481 e. The maximum absolute atomic E-state index is 14.5. The highest BCUT2D eigenvalue weighted by Gasteiger charge is 2.78. The van der Waals surface area contributed by atoms with Crippen molar-refractivity contribution in [2.24, 2.45) is 23.5 Å². The van der Waals surface area contributed by atoms with E-state index < -0.39 is 53.4 Å². The van der Waals surface area contributed by atoms with Gasteiger partial charge in [0, 0.05) is 12.5 Å². The minimum absolute atomic E-state index is 0.0874. The highest BCUT2D eigenvalue weighted by Crippen LogP contribution is 2.65. The van der Waals surface area contributed by atoms with Gasteiger partial charge < -0.3 is 15.9 Å². The number of carbonyl (C=O) groups excluding carboxylic acids is 1. The number of fused-ring (bicyclic) bond motifs is 1. The third-order valence-corrected chi connectivity index (χ3v) is 5.32. The molecule has 3 fully saturated rings. The van der Waals surface area contributed by atoms with Gasteiger partial charge in [-0.1, -0.05) is 0 Å². The Morgan fingerprint density at radius 1 is 1.29 bits per heavy atom. The molecule has 2 saturated carbocycles. The quantitative estimate of drug-likeness (QED) is 0.640. The molecule has 1 heterocycles. The maximum atomic E-state index is 14.5. The second-order valence-corrected chi connectivity index (χ2v) is 6.14. The number of primary amides is 1. The number of likely N-dealkylation sites (tertiary alicyclic amines) is 1. The maximum Gasteiger partial charge on any atom is 0.327 e. The summed E-state index contributed by atoms with van der Waals surface area (Å²) in [5.41, 5.74) is 3.37. The van der Waals surface area contributed by atoms with Crippen molar-refractivity contribution in [2.45, 2.75) is 37.0 Å². The number of carboxylic acid groups (broad SMARTS) is 2. The van der Waals surface area contributed by atoms with Crippen LogP contribution in [0.4, 0.5) is 4.39 Å². The van der Waals surface area contributed by atoms with Gasteiger partial charge in [0.2, 0.25) is 5.91 Å². The van der Waals surface area contributed by atoms with E-state index in [1.165, 1.54) is 4.90 Å². The standard InChI is InChI=1S/C13H17FN2O5/c14-7-4-5-8(11(18)19)9(5)13(7,12(20)21)16-3-1-2-6(16)10(15)17/h5-9H,1-4H2,(H2,15,17)(H,18,19)(H,20,21)/t5-,6-,7-,8-,9-,13-/m0/s1. The van der Waals surface area contributed by atoms with Gasteiger partial charge >= 0.3 is 11.9 Å². The SMILES string of the molecule is NC(=O)[C@@H]1CCCN1[C@]1(C(=O)O)[C@H]2[C@@H](C[C@@H]1F)[C@@H]2C(=O)O. The Balaban J connectivity index is 2.02. The molecule has 0 aromatic carbocycles. The highest BCUT2D eigenvalue weighted by atomic mass is 19.1. The molecule has 7 nitrogen and oxygen atoms in total. The van der Waals surface area contributed by atoms with E-state index in [0.717, 1.165) is 0 Å². The van der Waals surface area contributed by atoms with Crippen LogP contribution in [-0.2, 0) is 14.4 Å². The van der Waals surface area contributed by atoms with Crippen molar-refractivity contribution in [3.05, 3.63) is 0 Å². The smallest absolute Gasteiger partial charge is 0.327 e.